The predicted octanol–water partition coefficient (Wildman–Crippen LogP) is 1.52. The summed E-state index contributed by atoms with van der Waals surface area (Å²) in [6, 6.07) is 5.22. The lowest BCUT2D eigenvalue weighted by atomic mass is 10.0. The summed E-state index contributed by atoms with van der Waals surface area (Å²) < 4.78 is 0. The summed E-state index contributed by atoms with van der Waals surface area (Å²) in [4.78, 5) is 0. The molecule has 0 saturated heterocycles. The molecule has 1 aromatic carbocycles. The van der Waals surface area contributed by atoms with Gasteiger partial charge < -0.3 is 16.2 Å². The summed E-state index contributed by atoms with van der Waals surface area (Å²) in [6.07, 6.45) is 0.131. The molecule has 4 N–H and O–H groups in total. The molecule has 0 radical (unpaired) electrons. The maximum Gasteiger partial charge on any atom is 0.0961 e. The van der Waals surface area contributed by atoms with Crippen LogP contribution in [0, 0.1) is 0 Å². The summed E-state index contributed by atoms with van der Waals surface area (Å²) in [5.74, 6) is 0. The third kappa shape index (κ3) is 1.71. The van der Waals surface area contributed by atoms with Gasteiger partial charge in [-0.3, -0.25) is 0 Å². The molecule has 4 heteroatoms. The van der Waals surface area contributed by atoms with Gasteiger partial charge in [-0.15, -0.1) is 0 Å². The molecule has 2 rings (SSSR count). The van der Waals surface area contributed by atoms with E-state index in [9.17, 15) is 5.11 Å². The van der Waals surface area contributed by atoms with Gasteiger partial charge in [0.2, 0.25) is 0 Å². The minimum atomic E-state index is -0.626. The Morgan fingerprint density at radius 2 is 2.29 bits per heavy atom. The van der Waals surface area contributed by atoms with Crippen LogP contribution in [0.5, 0.6) is 0 Å². The zero-order chi connectivity index (χ0) is 10.1. The Labute approximate surface area is 87.9 Å². The Hall–Kier alpha value is -0.770. The molecule has 3 nitrogen and oxygen atoms in total. The lowest BCUT2D eigenvalue weighted by molar-refractivity contribution is 0.146. The topological polar surface area (TPSA) is 58.3 Å². The maximum atomic E-state index is 9.91. The van der Waals surface area contributed by atoms with Crippen molar-refractivity contribution in [3.05, 3.63) is 28.8 Å². The smallest absolute Gasteiger partial charge is 0.0961 e. The third-order valence-electron chi connectivity index (χ3n) is 2.53. The highest BCUT2D eigenvalue weighted by Gasteiger charge is 2.22. The molecule has 0 amide bonds. The summed E-state index contributed by atoms with van der Waals surface area (Å²) in [6.45, 7) is 0.785. The largest absolute Gasteiger partial charge is 0.387 e. The Bertz CT molecular complexity index is 343. The molecule has 1 aromatic rings. The first-order valence-electron chi connectivity index (χ1n) is 4.65. The molecular formula is C10H13ClN2O. The van der Waals surface area contributed by atoms with Crippen molar-refractivity contribution in [1.82, 2.24) is 0 Å². The average Bonchev–Trinajstić information content (AvgIpc) is 2.30. The van der Waals surface area contributed by atoms with Crippen LogP contribution in [0.1, 0.15) is 18.1 Å². The van der Waals surface area contributed by atoms with Crippen LogP contribution in [0.3, 0.4) is 0 Å². The Morgan fingerprint density at radius 3 is 3.07 bits per heavy atom. The van der Waals surface area contributed by atoms with Gasteiger partial charge in [-0.05, 0) is 24.6 Å². The normalized spacial score (nSPS) is 26.2. The van der Waals surface area contributed by atoms with E-state index in [1.807, 2.05) is 6.07 Å². The molecule has 0 fully saturated rings. The number of nitrogens with two attached hydrogens (primary N) is 1. The molecule has 1 aliphatic heterocycles. The van der Waals surface area contributed by atoms with Crippen molar-refractivity contribution in [2.75, 3.05) is 11.9 Å². The number of aliphatic hydroxyl groups excluding tert-OH is 1. The number of nitrogens with one attached hydrogen (secondary N) is 1. The first-order chi connectivity index (χ1) is 6.68. The lowest BCUT2D eigenvalue weighted by Gasteiger charge is -2.16. The Morgan fingerprint density at radius 1 is 1.50 bits per heavy atom. The van der Waals surface area contributed by atoms with Gasteiger partial charge in [0.15, 0.2) is 0 Å². The number of aliphatic hydroxyl groups is 1. The van der Waals surface area contributed by atoms with E-state index in [4.69, 9.17) is 17.3 Å². The van der Waals surface area contributed by atoms with Crippen LogP contribution >= 0.6 is 11.6 Å². The molecule has 1 heterocycles. The second-order valence-corrected chi connectivity index (χ2v) is 3.99. The van der Waals surface area contributed by atoms with Crippen LogP contribution in [-0.2, 0) is 0 Å². The lowest BCUT2D eigenvalue weighted by Crippen LogP contribution is -2.28. The first kappa shape index (κ1) is 9.77. The fraction of sp³-hybridized carbons (Fsp3) is 0.400. The molecule has 2 atom stereocenters. The number of halogens is 1. The number of hydrogen-bond donors (Lipinski definition) is 3. The second-order valence-electron chi connectivity index (χ2n) is 3.56. The molecule has 76 valence electrons. The van der Waals surface area contributed by atoms with Crippen molar-refractivity contribution in [2.45, 2.75) is 18.6 Å². The highest BCUT2D eigenvalue weighted by atomic mass is 35.5. The van der Waals surface area contributed by atoms with Crippen molar-refractivity contribution in [3.8, 4) is 0 Å². The SMILES string of the molecule is NC1CCNc2ccc(Cl)cc2C1O. The van der Waals surface area contributed by atoms with Crippen LogP contribution < -0.4 is 11.1 Å². The van der Waals surface area contributed by atoms with E-state index < -0.39 is 6.10 Å². The van der Waals surface area contributed by atoms with Crippen molar-refractivity contribution in [2.24, 2.45) is 5.73 Å². The standard InChI is InChI=1S/C10H13ClN2O/c11-6-1-2-9-7(5-6)10(14)8(12)3-4-13-9/h1-2,5,8,10,13-14H,3-4,12H2. The monoisotopic (exact) mass is 212 g/mol. The fourth-order valence-electron chi connectivity index (χ4n) is 1.70. The summed E-state index contributed by atoms with van der Waals surface area (Å²) in [5, 5.41) is 13.7. The van der Waals surface area contributed by atoms with Crippen molar-refractivity contribution >= 4 is 17.3 Å². The quantitative estimate of drug-likeness (QED) is 0.611. The van der Waals surface area contributed by atoms with Crippen LogP contribution in [0.4, 0.5) is 5.69 Å². The van der Waals surface area contributed by atoms with Crippen molar-refractivity contribution in [1.29, 1.82) is 0 Å². The third-order valence-corrected chi connectivity index (χ3v) is 2.77. The number of hydrogen-bond acceptors (Lipinski definition) is 3. The number of anilines is 1. The average molecular weight is 213 g/mol. The first-order valence-corrected chi connectivity index (χ1v) is 5.03. The van der Waals surface area contributed by atoms with E-state index in [0.717, 1.165) is 24.2 Å². The van der Waals surface area contributed by atoms with Crippen LogP contribution in [-0.4, -0.2) is 17.7 Å². The predicted molar refractivity (Wildman–Crippen MR) is 57.5 cm³/mol. The molecule has 2 unspecified atom stereocenters. The molecule has 0 aromatic heterocycles. The zero-order valence-corrected chi connectivity index (χ0v) is 8.46. The number of fused-ring (bicyclic) bond motifs is 1. The van der Waals surface area contributed by atoms with E-state index in [1.165, 1.54) is 0 Å². The van der Waals surface area contributed by atoms with E-state index in [0.29, 0.717) is 5.02 Å². The van der Waals surface area contributed by atoms with Gasteiger partial charge in [-0.1, -0.05) is 11.6 Å². The second kappa shape index (κ2) is 3.77. The minimum Gasteiger partial charge on any atom is -0.387 e. The highest BCUT2D eigenvalue weighted by Crippen LogP contribution is 2.30. The zero-order valence-electron chi connectivity index (χ0n) is 7.70. The fourth-order valence-corrected chi connectivity index (χ4v) is 1.88. The van der Waals surface area contributed by atoms with E-state index in [2.05, 4.69) is 5.32 Å². The van der Waals surface area contributed by atoms with E-state index >= 15 is 0 Å². The van der Waals surface area contributed by atoms with Gasteiger partial charge in [0.05, 0.1) is 6.10 Å². The van der Waals surface area contributed by atoms with Crippen LogP contribution in [0.25, 0.3) is 0 Å². The molecular weight excluding hydrogens is 200 g/mol. The van der Waals surface area contributed by atoms with Gasteiger partial charge in [-0.2, -0.15) is 0 Å². The molecule has 0 bridgehead atoms. The van der Waals surface area contributed by atoms with Crippen LogP contribution in [0.15, 0.2) is 18.2 Å². The van der Waals surface area contributed by atoms with E-state index in [1.54, 1.807) is 12.1 Å². The maximum absolute atomic E-state index is 9.91. The molecule has 0 saturated carbocycles. The summed E-state index contributed by atoms with van der Waals surface area (Å²) in [5.41, 5.74) is 7.53. The Kier molecular flexibility index (Phi) is 2.63. The molecule has 0 aliphatic carbocycles. The Balaban J connectivity index is 2.44. The number of rotatable bonds is 0. The molecule has 14 heavy (non-hydrogen) atoms. The van der Waals surface area contributed by atoms with Crippen molar-refractivity contribution < 1.29 is 5.11 Å². The summed E-state index contributed by atoms with van der Waals surface area (Å²) in [7, 11) is 0. The van der Waals surface area contributed by atoms with Gasteiger partial charge in [0, 0.05) is 28.9 Å². The highest BCUT2D eigenvalue weighted by molar-refractivity contribution is 6.30. The molecule has 0 spiro atoms. The van der Waals surface area contributed by atoms with E-state index in [-0.39, 0.29) is 6.04 Å². The number of benzene rings is 1. The van der Waals surface area contributed by atoms with Gasteiger partial charge in [0.25, 0.3) is 0 Å². The van der Waals surface area contributed by atoms with Gasteiger partial charge in [-0.25, -0.2) is 0 Å². The van der Waals surface area contributed by atoms with Gasteiger partial charge in [0.1, 0.15) is 0 Å². The van der Waals surface area contributed by atoms with Crippen molar-refractivity contribution in [3.63, 3.8) is 0 Å². The minimum absolute atomic E-state index is 0.220. The van der Waals surface area contributed by atoms with Gasteiger partial charge >= 0.3 is 0 Å². The van der Waals surface area contributed by atoms with Crippen LogP contribution in [0.2, 0.25) is 5.02 Å². The summed E-state index contributed by atoms with van der Waals surface area (Å²) >= 11 is 5.86. The molecule has 1 aliphatic rings.